The molecule has 0 unspecified atom stereocenters. The van der Waals surface area contributed by atoms with Crippen LogP contribution in [0.3, 0.4) is 0 Å². The van der Waals surface area contributed by atoms with Gasteiger partial charge in [-0.1, -0.05) is 12.1 Å². The molecule has 4 aromatic rings. The number of morpholine rings is 1. The summed E-state index contributed by atoms with van der Waals surface area (Å²) in [5.74, 6) is 2.50. The zero-order valence-electron chi connectivity index (χ0n) is 24.5. The summed E-state index contributed by atoms with van der Waals surface area (Å²) in [6, 6.07) is 16.0. The van der Waals surface area contributed by atoms with Gasteiger partial charge in [0.05, 0.1) is 36.8 Å². The molecule has 2 amide bonds. The van der Waals surface area contributed by atoms with Gasteiger partial charge in [0.25, 0.3) is 0 Å². The SMILES string of the molecule is C[C@H](NC(=O)Nc1ccc(Oc2ccnc3cc(OCCCN4CCOCC4)c4c(c23)OCCO4)cc1)c1ccc(F)cc1. The molecule has 2 N–H and O–H groups in total. The Bertz CT molecular complexity index is 1580. The van der Waals surface area contributed by atoms with Crippen LogP contribution in [0.1, 0.15) is 24.9 Å². The predicted molar refractivity (Wildman–Crippen MR) is 164 cm³/mol. The molecular weight excluding hydrogens is 567 g/mol. The first kappa shape index (κ1) is 29.5. The molecule has 230 valence electrons. The van der Waals surface area contributed by atoms with Gasteiger partial charge in [-0.05, 0) is 61.4 Å². The average molecular weight is 603 g/mol. The summed E-state index contributed by atoms with van der Waals surface area (Å²) >= 11 is 0. The number of pyridine rings is 1. The van der Waals surface area contributed by atoms with Crippen molar-refractivity contribution in [3.05, 3.63) is 78.2 Å². The highest BCUT2D eigenvalue weighted by atomic mass is 19.1. The number of aromatic nitrogens is 1. The zero-order valence-corrected chi connectivity index (χ0v) is 24.5. The monoisotopic (exact) mass is 602 g/mol. The molecule has 0 aliphatic carbocycles. The Kier molecular flexibility index (Phi) is 9.23. The fourth-order valence-corrected chi connectivity index (χ4v) is 5.19. The number of ether oxygens (including phenoxy) is 5. The lowest BCUT2D eigenvalue weighted by Gasteiger charge is -2.26. The smallest absolute Gasteiger partial charge is 0.319 e. The average Bonchev–Trinajstić information content (AvgIpc) is 3.04. The maximum absolute atomic E-state index is 13.2. The lowest BCUT2D eigenvalue weighted by molar-refractivity contribution is 0.0357. The normalized spacial score (nSPS) is 15.4. The number of rotatable bonds is 10. The number of amides is 2. The van der Waals surface area contributed by atoms with Crippen LogP contribution in [0.5, 0.6) is 28.7 Å². The van der Waals surface area contributed by atoms with Crippen LogP contribution in [0, 0.1) is 5.82 Å². The van der Waals surface area contributed by atoms with Crippen LogP contribution in [-0.4, -0.2) is 68.6 Å². The van der Waals surface area contributed by atoms with Gasteiger partial charge < -0.3 is 34.3 Å². The molecule has 0 spiro atoms. The molecule has 0 bridgehead atoms. The Morgan fingerprint density at radius 1 is 0.977 bits per heavy atom. The van der Waals surface area contributed by atoms with E-state index < -0.39 is 0 Å². The molecule has 1 fully saturated rings. The van der Waals surface area contributed by atoms with Crippen molar-refractivity contribution < 1.29 is 32.9 Å². The first-order chi connectivity index (χ1) is 21.5. The van der Waals surface area contributed by atoms with E-state index in [0.717, 1.165) is 44.8 Å². The molecule has 1 atom stereocenters. The summed E-state index contributed by atoms with van der Waals surface area (Å²) in [4.78, 5) is 19.5. The van der Waals surface area contributed by atoms with Crippen molar-refractivity contribution in [2.45, 2.75) is 19.4 Å². The number of fused-ring (bicyclic) bond motifs is 3. The number of urea groups is 1. The first-order valence-electron chi connectivity index (χ1n) is 14.8. The van der Waals surface area contributed by atoms with Crippen molar-refractivity contribution in [3.63, 3.8) is 0 Å². The highest BCUT2D eigenvalue weighted by molar-refractivity contribution is 5.95. The number of nitrogens with one attached hydrogen (secondary N) is 2. The minimum absolute atomic E-state index is 0.295. The lowest BCUT2D eigenvalue weighted by atomic mass is 10.1. The van der Waals surface area contributed by atoms with Crippen molar-refractivity contribution >= 4 is 22.6 Å². The van der Waals surface area contributed by atoms with Crippen molar-refractivity contribution in [1.82, 2.24) is 15.2 Å². The fraction of sp³-hybridized carbons (Fsp3) is 0.333. The lowest BCUT2D eigenvalue weighted by Crippen LogP contribution is -2.37. The number of carbonyl (C=O) groups is 1. The van der Waals surface area contributed by atoms with Crippen LogP contribution in [0.15, 0.2) is 66.9 Å². The van der Waals surface area contributed by atoms with E-state index in [1.807, 2.05) is 13.0 Å². The molecule has 2 aliphatic rings. The predicted octanol–water partition coefficient (Wildman–Crippen LogP) is 5.92. The second-order valence-corrected chi connectivity index (χ2v) is 10.6. The molecule has 3 aromatic carbocycles. The standard InChI is InChI=1S/C33H35FN4O6/c1-22(23-3-5-24(34)6-4-23)36-33(39)37-25-7-9-26(10-8-25)44-28-11-12-35-27-21-29(31-32(30(27)28)43-20-19-42-31)41-16-2-13-38-14-17-40-18-15-38/h3-12,21-22H,2,13-20H2,1H3,(H2,36,37,39)/t22-/m0/s1. The van der Waals surface area contributed by atoms with Gasteiger partial charge in [0.15, 0.2) is 11.5 Å². The van der Waals surface area contributed by atoms with E-state index in [1.54, 1.807) is 48.7 Å². The molecule has 11 heteroatoms. The van der Waals surface area contributed by atoms with Crippen LogP contribution < -0.4 is 29.6 Å². The Hall–Kier alpha value is -4.61. The van der Waals surface area contributed by atoms with E-state index >= 15 is 0 Å². The Balaban J connectivity index is 1.11. The number of carbonyl (C=O) groups excluding carboxylic acids is 1. The van der Waals surface area contributed by atoms with E-state index in [2.05, 4.69) is 20.5 Å². The van der Waals surface area contributed by atoms with Crippen LogP contribution in [-0.2, 0) is 4.74 Å². The second-order valence-electron chi connectivity index (χ2n) is 10.6. The summed E-state index contributed by atoms with van der Waals surface area (Å²) in [6.07, 6.45) is 2.56. The summed E-state index contributed by atoms with van der Waals surface area (Å²) in [5.41, 5.74) is 2.05. The third kappa shape index (κ3) is 7.12. The number of nitrogens with zero attached hydrogens (tertiary/aromatic N) is 2. The van der Waals surface area contributed by atoms with Gasteiger partial charge in [0.2, 0.25) is 5.75 Å². The Morgan fingerprint density at radius 2 is 1.73 bits per heavy atom. The van der Waals surface area contributed by atoms with Crippen LogP contribution >= 0.6 is 0 Å². The highest BCUT2D eigenvalue weighted by Gasteiger charge is 2.25. The van der Waals surface area contributed by atoms with Crippen LogP contribution in [0.2, 0.25) is 0 Å². The number of anilines is 1. The van der Waals surface area contributed by atoms with E-state index in [-0.39, 0.29) is 17.9 Å². The summed E-state index contributed by atoms with van der Waals surface area (Å²) in [6.45, 7) is 7.58. The van der Waals surface area contributed by atoms with Gasteiger partial charge in [0.1, 0.15) is 30.5 Å². The Labute approximate surface area is 255 Å². The quantitative estimate of drug-likeness (QED) is 0.216. The number of benzene rings is 3. The van der Waals surface area contributed by atoms with Crippen LogP contribution in [0.25, 0.3) is 10.9 Å². The summed E-state index contributed by atoms with van der Waals surface area (Å²) < 4.78 is 43.1. The van der Waals surface area contributed by atoms with Gasteiger partial charge in [0, 0.05) is 37.6 Å². The number of halogens is 1. The molecule has 44 heavy (non-hydrogen) atoms. The third-order valence-corrected chi connectivity index (χ3v) is 7.48. The largest absolute Gasteiger partial charge is 0.489 e. The van der Waals surface area contributed by atoms with E-state index in [9.17, 15) is 9.18 Å². The number of hydrogen-bond acceptors (Lipinski definition) is 8. The molecular formula is C33H35FN4O6. The van der Waals surface area contributed by atoms with Crippen molar-refractivity contribution in [2.75, 3.05) is 58.0 Å². The zero-order chi connectivity index (χ0) is 30.3. The number of hydrogen-bond donors (Lipinski definition) is 2. The minimum Gasteiger partial charge on any atom is -0.489 e. The van der Waals surface area contributed by atoms with E-state index in [0.29, 0.717) is 65.2 Å². The molecule has 0 saturated carbocycles. The van der Waals surface area contributed by atoms with E-state index in [4.69, 9.17) is 23.7 Å². The molecule has 1 saturated heterocycles. The first-order valence-corrected chi connectivity index (χ1v) is 14.8. The van der Waals surface area contributed by atoms with Crippen molar-refractivity contribution in [3.8, 4) is 28.7 Å². The third-order valence-electron chi connectivity index (χ3n) is 7.48. The topological polar surface area (TPSA) is 103 Å². The van der Waals surface area contributed by atoms with Crippen LogP contribution in [0.4, 0.5) is 14.9 Å². The van der Waals surface area contributed by atoms with E-state index in [1.165, 1.54) is 12.1 Å². The molecule has 3 heterocycles. The minimum atomic E-state index is -0.376. The van der Waals surface area contributed by atoms with Gasteiger partial charge in [-0.2, -0.15) is 0 Å². The van der Waals surface area contributed by atoms with Gasteiger partial charge in [-0.3, -0.25) is 9.88 Å². The Morgan fingerprint density at radius 3 is 2.50 bits per heavy atom. The molecule has 0 radical (unpaired) electrons. The van der Waals surface area contributed by atoms with Gasteiger partial charge in [-0.25, -0.2) is 9.18 Å². The summed E-state index contributed by atoms with van der Waals surface area (Å²) in [5, 5.41) is 6.36. The van der Waals surface area contributed by atoms with Crippen molar-refractivity contribution in [2.24, 2.45) is 0 Å². The molecule has 6 rings (SSSR count). The highest BCUT2D eigenvalue weighted by Crippen LogP contribution is 2.48. The van der Waals surface area contributed by atoms with Crippen molar-refractivity contribution in [1.29, 1.82) is 0 Å². The second kappa shape index (κ2) is 13.8. The maximum atomic E-state index is 13.2. The molecule has 1 aromatic heterocycles. The summed E-state index contributed by atoms with van der Waals surface area (Å²) in [7, 11) is 0. The van der Waals surface area contributed by atoms with Gasteiger partial charge >= 0.3 is 6.03 Å². The van der Waals surface area contributed by atoms with Gasteiger partial charge in [-0.15, -0.1) is 0 Å². The molecule has 10 nitrogen and oxygen atoms in total. The molecule has 2 aliphatic heterocycles. The maximum Gasteiger partial charge on any atom is 0.319 e. The fourth-order valence-electron chi connectivity index (χ4n) is 5.19.